The van der Waals surface area contributed by atoms with Crippen LogP contribution in [-0.4, -0.2) is 19.8 Å². The number of carbonyl (C=O) groups excluding carboxylic acids is 1. The SMILES string of the molecule is CCOC(=O)c1cc2ccccc2cc1[N+]#N.F[B-](F)(F)F. The molecule has 0 heterocycles. The third-order valence-corrected chi connectivity index (χ3v) is 2.47. The van der Waals surface area contributed by atoms with Gasteiger partial charge in [-0.25, -0.2) is 4.79 Å². The van der Waals surface area contributed by atoms with E-state index in [1.807, 2.05) is 24.3 Å². The molecule has 4 nitrogen and oxygen atoms in total. The maximum Gasteiger partial charge on any atom is 0.673 e. The Morgan fingerprint density at radius 1 is 1.18 bits per heavy atom. The number of carbonyl (C=O) groups is 1. The zero-order chi connectivity index (χ0) is 16.8. The number of esters is 1. The largest absolute Gasteiger partial charge is 0.673 e. The first-order valence-corrected chi connectivity index (χ1v) is 6.18. The maximum absolute atomic E-state index is 11.7. The molecule has 0 radical (unpaired) electrons. The molecular formula is C13H11BF4N2O2. The Bertz CT molecular complexity index is 707. The molecule has 0 spiro atoms. The molecule has 0 atom stereocenters. The fourth-order valence-electron chi connectivity index (χ4n) is 1.68. The lowest BCUT2D eigenvalue weighted by Gasteiger charge is -2.01. The van der Waals surface area contributed by atoms with Crippen LogP contribution < -0.4 is 0 Å². The molecule has 9 heteroatoms. The second-order valence-electron chi connectivity index (χ2n) is 4.03. The van der Waals surface area contributed by atoms with E-state index in [9.17, 15) is 22.1 Å². The summed E-state index contributed by atoms with van der Waals surface area (Å²) in [5.41, 5.74) is 0.496. The normalized spacial score (nSPS) is 10.4. The first-order chi connectivity index (χ1) is 10.3. The van der Waals surface area contributed by atoms with Crippen molar-refractivity contribution >= 4 is 29.7 Å². The van der Waals surface area contributed by atoms with Crippen LogP contribution in [0.4, 0.5) is 23.0 Å². The number of rotatable bonds is 2. The van der Waals surface area contributed by atoms with E-state index < -0.39 is 13.2 Å². The van der Waals surface area contributed by atoms with Gasteiger partial charge in [-0.1, -0.05) is 24.3 Å². The zero-order valence-electron chi connectivity index (χ0n) is 11.5. The summed E-state index contributed by atoms with van der Waals surface area (Å²) in [5.74, 6) is -0.481. The van der Waals surface area contributed by atoms with E-state index in [1.54, 1.807) is 19.1 Å². The summed E-state index contributed by atoms with van der Waals surface area (Å²) in [6.07, 6.45) is 0. The minimum atomic E-state index is -6.00. The molecule has 0 fully saturated rings. The highest BCUT2D eigenvalue weighted by Gasteiger charge is 2.22. The van der Waals surface area contributed by atoms with Crippen molar-refractivity contribution in [2.24, 2.45) is 0 Å². The maximum atomic E-state index is 11.7. The third kappa shape index (κ3) is 5.40. The molecule has 0 aromatic heterocycles. The van der Waals surface area contributed by atoms with Gasteiger partial charge in [0, 0.05) is 6.07 Å². The molecule has 0 aliphatic rings. The van der Waals surface area contributed by atoms with Crippen LogP contribution in [0, 0.1) is 5.39 Å². The Hall–Kier alpha value is -2.63. The fourth-order valence-corrected chi connectivity index (χ4v) is 1.68. The fraction of sp³-hybridized carbons (Fsp3) is 0.154. The highest BCUT2D eigenvalue weighted by molar-refractivity contribution is 6.50. The molecule has 2 aromatic rings. The van der Waals surface area contributed by atoms with Crippen molar-refractivity contribution in [3.05, 3.63) is 46.9 Å². The number of nitrogens with zero attached hydrogens (tertiary/aromatic N) is 2. The van der Waals surface area contributed by atoms with Crippen LogP contribution in [0.5, 0.6) is 0 Å². The predicted molar refractivity (Wildman–Crippen MR) is 74.8 cm³/mol. The Kier molecular flexibility index (Phi) is 5.86. The van der Waals surface area contributed by atoms with Crippen molar-refractivity contribution in [3.63, 3.8) is 0 Å². The monoisotopic (exact) mass is 314 g/mol. The average Bonchev–Trinajstić information content (AvgIpc) is 2.44. The molecule has 2 rings (SSSR count). The summed E-state index contributed by atoms with van der Waals surface area (Å²) in [6.45, 7) is 2.02. The molecule has 0 unspecified atom stereocenters. The van der Waals surface area contributed by atoms with Crippen LogP contribution in [0.2, 0.25) is 0 Å². The van der Waals surface area contributed by atoms with Crippen LogP contribution in [0.1, 0.15) is 17.3 Å². The van der Waals surface area contributed by atoms with Crippen molar-refractivity contribution in [3.8, 4) is 0 Å². The molecule has 0 aliphatic heterocycles. The van der Waals surface area contributed by atoms with Gasteiger partial charge < -0.3 is 22.0 Å². The topological polar surface area (TPSA) is 54.5 Å². The molecule has 0 amide bonds. The predicted octanol–water partition coefficient (Wildman–Crippen LogP) is 4.80. The number of hydrogen-bond acceptors (Lipinski definition) is 3. The van der Waals surface area contributed by atoms with Crippen LogP contribution >= 0.6 is 0 Å². The summed E-state index contributed by atoms with van der Waals surface area (Å²) < 4.78 is 43.9. The van der Waals surface area contributed by atoms with E-state index in [0.717, 1.165) is 10.8 Å². The molecule has 0 saturated carbocycles. The second kappa shape index (κ2) is 7.40. The van der Waals surface area contributed by atoms with Gasteiger partial charge in [0.1, 0.15) is 0 Å². The molecule has 0 N–H and O–H groups in total. The van der Waals surface area contributed by atoms with Crippen molar-refractivity contribution < 1.29 is 26.8 Å². The number of benzene rings is 2. The lowest BCUT2D eigenvalue weighted by Crippen LogP contribution is -2.04. The molecule has 116 valence electrons. The van der Waals surface area contributed by atoms with Crippen LogP contribution in [0.3, 0.4) is 0 Å². The molecule has 2 aromatic carbocycles. The molecule has 22 heavy (non-hydrogen) atoms. The van der Waals surface area contributed by atoms with Gasteiger partial charge in [0.05, 0.1) is 6.61 Å². The first-order valence-electron chi connectivity index (χ1n) is 6.18. The average molecular weight is 314 g/mol. The van der Waals surface area contributed by atoms with E-state index in [-0.39, 0.29) is 17.9 Å². The zero-order valence-corrected chi connectivity index (χ0v) is 11.5. The molecule has 0 bridgehead atoms. The van der Waals surface area contributed by atoms with Gasteiger partial charge in [0.25, 0.3) is 0 Å². The van der Waals surface area contributed by atoms with E-state index in [2.05, 4.69) is 4.98 Å². The number of fused-ring (bicyclic) bond motifs is 1. The van der Waals surface area contributed by atoms with Gasteiger partial charge in [0.15, 0.2) is 10.5 Å². The van der Waals surface area contributed by atoms with Crippen molar-refractivity contribution in [2.75, 3.05) is 6.61 Å². The van der Waals surface area contributed by atoms with E-state index in [1.165, 1.54) is 0 Å². The Morgan fingerprint density at radius 2 is 1.68 bits per heavy atom. The van der Waals surface area contributed by atoms with Gasteiger partial charge in [-0.15, -0.1) is 0 Å². The van der Waals surface area contributed by atoms with Gasteiger partial charge in [-0.3, -0.25) is 0 Å². The summed E-state index contributed by atoms with van der Waals surface area (Å²) in [5, 5.41) is 10.7. The summed E-state index contributed by atoms with van der Waals surface area (Å²) in [7, 11) is -6.00. The summed E-state index contributed by atoms with van der Waals surface area (Å²) in [4.78, 5) is 14.8. The van der Waals surface area contributed by atoms with Crippen LogP contribution in [0.25, 0.3) is 15.7 Å². The number of hydrogen-bond donors (Lipinski definition) is 0. The van der Waals surface area contributed by atoms with Crippen LogP contribution in [0.15, 0.2) is 36.4 Å². The summed E-state index contributed by atoms with van der Waals surface area (Å²) in [6, 6.07) is 10.9. The van der Waals surface area contributed by atoms with Crippen molar-refractivity contribution in [2.45, 2.75) is 6.92 Å². The number of diazo groups is 1. The Morgan fingerprint density at radius 3 is 2.14 bits per heavy atom. The Balaban J connectivity index is 0.000000422. The smallest absolute Gasteiger partial charge is 0.462 e. The quantitative estimate of drug-likeness (QED) is 0.346. The van der Waals surface area contributed by atoms with E-state index in [0.29, 0.717) is 0 Å². The molecular weight excluding hydrogens is 303 g/mol. The van der Waals surface area contributed by atoms with E-state index in [4.69, 9.17) is 10.1 Å². The Labute approximate surface area is 123 Å². The lowest BCUT2D eigenvalue weighted by molar-refractivity contribution is 0.0528. The lowest BCUT2D eigenvalue weighted by atomic mass is 10.1. The second-order valence-corrected chi connectivity index (χ2v) is 4.03. The third-order valence-electron chi connectivity index (χ3n) is 2.47. The van der Waals surface area contributed by atoms with Gasteiger partial charge >= 0.3 is 18.9 Å². The number of ether oxygens (including phenoxy) is 1. The molecule has 0 aliphatic carbocycles. The van der Waals surface area contributed by atoms with E-state index >= 15 is 0 Å². The minimum absolute atomic E-state index is 0.224. The van der Waals surface area contributed by atoms with Crippen molar-refractivity contribution in [1.82, 2.24) is 0 Å². The number of halogens is 4. The van der Waals surface area contributed by atoms with Gasteiger partial charge in [0.2, 0.25) is 5.39 Å². The van der Waals surface area contributed by atoms with Crippen LogP contribution in [-0.2, 0) is 4.74 Å². The minimum Gasteiger partial charge on any atom is -0.462 e. The van der Waals surface area contributed by atoms with Gasteiger partial charge in [-0.05, 0) is 23.8 Å². The highest BCUT2D eigenvalue weighted by Crippen LogP contribution is 2.27. The van der Waals surface area contributed by atoms with Gasteiger partial charge in [-0.2, -0.15) is 0 Å². The molecule has 0 saturated heterocycles. The highest BCUT2D eigenvalue weighted by atomic mass is 19.5. The standard InChI is InChI=1S/C13H11N2O2.BF4/c1-2-17-13(16)11-7-9-5-3-4-6-10(9)8-12(11)15-14;2-1(3,4)5/h3-8H,2H2,1H3;/q+1;-1. The van der Waals surface area contributed by atoms with Crippen molar-refractivity contribution in [1.29, 1.82) is 5.39 Å². The summed E-state index contributed by atoms with van der Waals surface area (Å²) >= 11 is 0. The first kappa shape index (κ1) is 17.4.